The summed E-state index contributed by atoms with van der Waals surface area (Å²) in [6, 6.07) is 0. The molecule has 0 amide bonds. The monoisotopic (exact) mass is 183 g/mol. The van der Waals surface area contributed by atoms with Gasteiger partial charge in [0.1, 0.15) is 0 Å². The van der Waals surface area contributed by atoms with Crippen molar-refractivity contribution in [2.75, 3.05) is 20.8 Å². The van der Waals surface area contributed by atoms with Crippen molar-refractivity contribution in [2.24, 2.45) is 0 Å². The molecule has 0 aliphatic rings. The molecule has 0 aromatic carbocycles. The fourth-order valence-electron chi connectivity index (χ4n) is 0.660. The first-order chi connectivity index (χ1) is 4.85. The number of hydrogen-bond donors (Lipinski definition) is 1. The molecule has 0 saturated carbocycles. The zero-order valence-electron chi connectivity index (χ0n) is 7.42. The zero-order valence-corrected chi connectivity index (χ0v) is 8.24. The molecule has 0 aliphatic carbocycles. The van der Waals surface area contributed by atoms with Gasteiger partial charge in [-0.15, -0.1) is 12.4 Å². The third-order valence-electron chi connectivity index (χ3n) is 1.27. The van der Waals surface area contributed by atoms with Gasteiger partial charge in [0.15, 0.2) is 0 Å². The Morgan fingerprint density at radius 2 is 1.82 bits per heavy atom. The van der Waals surface area contributed by atoms with Crippen LogP contribution in [-0.4, -0.2) is 27.2 Å². The van der Waals surface area contributed by atoms with E-state index < -0.39 is 0 Å². The van der Waals surface area contributed by atoms with Gasteiger partial charge in [0.2, 0.25) is 6.41 Å². The predicted molar refractivity (Wildman–Crippen MR) is 48.0 cm³/mol. The van der Waals surface area contributed by atoms with E-state index in [2.05, 4.69) is 12.2 Å². The van der Waals surface area contributed by atoms with Gasteiger partial charge in [-0.2, -0.15) is 0 Å². The van der Waals surface area contributed by atoms with Crippen LogP contribution in [0.5, 0.6) is 0 Å². The molecule has 0 bridgehead atoms. The molecule has 0 saturated heterocycles. The van der Waals surface area contributed by atoms with Crippen molar-refractivity contribution in [3.8, 4) is 0 Å². The number of halogens is 1. The van der Waals surface area contributed by atoms with E-state index in [0.717, 1.165) is 13.0 Å². The van der Waals surface area contributed by atoms with Crippen LogP contribution in [0.15, 0.2) is 0 Å². The van der Waals surface area contributed by atoms with Crippen LogP contribution in [0.1, 0.15) is 19.8 Å². The van der Waals surface area contributed by atoms with Gasteiger partial charge >= 0.3 is 0 Å². The van der Waals surface area contributed by atoms with Crippen molar-refractivity contribution < 1.29 is 9.47 Å². The molecule has 0 aliphatic heterocycles. The second-order valence-electron chi connectivity index (χ2n) is 2.11. The van der Waals surface area contributed by atoms with Crippen LogP contribution in [0.4, 0.5) is 0 Å². The number of ether oxygens (including phenoxy) is 2. The topological polar surface area (TPSA) is 30.5 Å². The first-order valence-electron chi connectivity index (χ1n) is 3.64. The molecular formula is C7H18ClNO2. The van der Waals surface area contributed by atoms with Gasteiger partial charge in [-0.3, -0.25) is 5.32 Å². The lowest BCUT2D eigenvalue weighted by atomic mass is 10.3. The maximum atomic E-state index is 4.91. The Labute approximate surface area is 74.9 Å². The van der Waals surface area contributed by atoms with Gasteiger partial charge in [-0.1, -0.05) is 13.3 Å². The van der Waals surface area contributed by atoms with Crippen molar-refractivity contribution in [3.05, 3.63) is 0 Å². The van der Waals surface area contributed by atoms with Crippen LogP contribution in [-0.2, 0) is 9.47 Å². The van der Waals surface area contributed by atoms with Gasteiger partial charge in [0, 0.05) is 14.2 Å². The Bertz CT molecular complexity index is 69.5. The molecule has 0 spiro atoms. The highest BCUT2D eigenvalue weighted by Gasteiger charge is 2.00. The molecule has 0 aromatic heterocycles. The van der Waals surface area contributed by atoms with Gasteiger partial charge in [-0.05, 0) is 13.0 Å². The van der Waals surface area contributed by atoms with Crippen LogP contribution in [0.3, 0.4) is 0 Å². The lowest BCUT2D eigenvalue weighted by Gasteiger charge is -2.13. The summed E-state index contributed by atoms with van der Waals surface area (Å²) in [5.74, 6) is 0. The average molecular weight is 184 g/mol. The molecule has 0 heterocycles. The van der Waals surface area contributed by atoms with Gasteiger partial charge in [0.25, 0.3) is 0 Å². The van der Waals surface area contributed by atoms with Crippen molar-refractivity contribution >= 4 is 12.4 Å². The molecule has 0 unspecified atom stereocenters. The second kappa shape index (κ2) is 10.2. The van der Waals surface area contributed by atoms with Crippen molar-refractivity contribution in [1.29, 1.82) is 0 Å². The van der Waals surface area contributed by atoms with E-state index >= 15 is 0 Å². The Balaban J connectivity index is 0. The highest BCUT2D eigenvalue weighted by Crippen LogP contribution is 1.87. The lowest BCUT2D eigenvalue weighted by molar-refractivity contribution is -0.122. The number of rotatable bonds is 6. The summed E-state index contributed by atoms with van der Waals surface area (Å²) in [4.78, 5) is 0. The maximum Gasteiger partial charge on any atom is 0.215 e. The first-order valence-corrected chi connectivity index (χ1v) is 3.64. The Hall–Kier alpha value is 0.170. The highest BCUT2D eigenvalue weighted by atomic mass is 35.5. The van der Waals surface area contributed by atoms with E-state index in [4.69, 9.17) is 9.47 Å². The molecule has 1 N–H and O–H groups in total. The summed E-state index contributed by atoms with van der Waals surface area (Å²) >= 11 is 0. The van der Waals surface area contributed by atoms with Crippen LogP contribution < -0.4 is 5.32 Å². The molecule has 3 nitrogen and oxygen atoms in total. The van der Waals surface area contributed by atoms with E-state index in [0.29, 0.717) is 0 Å². The van der Waals surface area contributed by atoms with E-state index in [1.165, 1.54) is 6.42 Å². The summed E-state index contributed by atoms with van der Waals surface area (Å²) in [6.45, 7) is 3.10. The third-order valence-corrected chi connectivity index (χ3v) is 1.27. The minimum Gasteiger partial charge on any atom is -0.343 e. The average Bonchev–Trinajstić information content (AvgIpc) is 1.99. The number of methoxy groups -OCH3 is 2. The summed E-state index contributed by atoms with van der Waals surface area (Å²) < 4.78 is 9.83. The van der Waals surface area contributed by atoms with Gasteiger partial charge in [0.05, 0.1) is 0 Å². The molecule has 11 heavy (non-hydrogen) atoms. The number of unbranched alkanes of at least 4 members (excludes halogenated alkanes) is 1. The van der Waals surface area contributed by atoms with Crippen LogP contribution in [0.25, 0.3) is 0 Å². The van der Waals surface area contributed by atoms with Crippen molar-refractivity contribution in [3.63, 3.8) is 0 Å². The predicted octanol–water partition coefficient (Wildman–Crippen LogP) is 1.37. The SMILES string of the molecule is CCCCNC(OC)OC.Cl. The molecular weight excluding hydrogens is 166 g/mol. The number of hydrogen-bond acceptors (Lipinski definition) is 3. The maximum absolute atomic E-state index is 4.91. The summed E-state index contributed by atoms with van der Waals surface area (Å²) in [5.41, 5.74) is 0. The van der Waals surface area contributed by atoms with Gasteiger partial charge in [-0.25, -0.2) is 0 Å². The minimum absolute atomic E-state index is 0. The third kappa shape index (κ3) is 8.07. The van der Waals surface area contributed by atoms with E-state index in [9.17, 15) is 0 Å². The largest absolute Gasteiger partial charge is 0.343 e. The molecule has 0 atom stereocenters. The van der Waals surface area contributed by atoms with Gasteiger partial charge < -0.3 is 9.47 Å². The Morgan fingerprint density at radius 3 is 2.18 bits per heavy atom. The van der Waals surface area contributed by atoms with Crippen molar-refractivity contribution in [2.45, 2.75) is 26.2 Å². The molecule has 0 aromatic rings. The smallest absolute Gasteiger partial charge is 0.215 e. The summed E-state index contributed by atoms with van der Waals surface area (Å²) in [6.07, 6.45) is 2.10. The standard InChI is InChI=1S/C7H17NO2.ClH/c1-4-5-6-8-7(9-2)10-3;/h7-8H,4-6H2,1-3H3;1H. The molecule has 4 heteroatoms. The number of nitrogens with one attached hydrogen (secondary N) is 1. The summed E-state index contributed by atoms with van der Waals surface area (Å²) in [5, 5.41) is 3.08. The molecule has 0 fully saturated rings. The Morgan fingerprint density at radius 1 is 1.27 bits per heavy atom. The normalized spacial score (nSPS) is 9.82. The quantitative estimate of drug-likeness (QED) is 0.499. The Kier molecular flexibility index (Phi) is 12.7. The summed E-state index contributed by atoms with van der Waals surface area (Å²) in [7, 11) is 3.24. The van der Waals surface area contributed by atoms with Crippen LogP contribution in [0, 0.1) is 0 Å². The fourth-order valence-corrected chi connectivity index (χ4v) is 0.660. The second-order valence-corrected chi connectivity index (χ2v) is 2.11. The van der Waals surface area contributed by atoms with Crippen LogP contribution >= 0.6 is 12.4 Å². The van der Waals surface area contributed by atoms with E-state index in [1.54, 1.807) is 14.2 Å². The van der Waals surface area contributed by atoms with E-state index in [1.807, 2.05) is 0 Å². The first kappa shape index (κ1) is 13.7. The minimum atomic E-state index is -0.244. The lowest BCUT2D eigenvalue weighted by Crippen LogP contribution is -2.32. The van der Waals surface area contributed by atoms with Crippen LogP contribution in [0.2, 0.25) is 0 Å². The molecule has 0 rings (SSSR count). The van der Waals surface area contributed by atoms with E-state index in [-0.39, 0.29) is 18.8 Å². The highest BCUT2D eigenvalue weighted by molar-refractivity contribution is 5.85. The molecule has 0 radical (unpaired) electrons. The molecule has 70 valence electrons. The fraction of sp³-hybridized carbons (Fsp3) is 1.00. The van der Waals surface area contributed by atoms with Crippen molar-refractivity contribution in [1.82, 2.24) is 5.32 Å². The zero-order chi connectivity index (χ0) is 7.82.